The fourth-order valence-corrected chi connectivity index (χ4v) is 3.59. The van der Waals surface area contributed by atoms with Gasteiger partial charge in [0, 0.05) is 37.3 Å². The molecule has 0 spiro atoms. The molecular weight excluding hydrogens is 357 g/mol. The topological polar surface area (TPSA) is 48.7 Å². The molecule has 6 heteroatoms. The molecule has 3 aromatic rings. The van der Waals surface area contributed by atoms with Crippen molar-refractivity contribution in [3.8, 4) is 0 Å². The predicted octanol–water partition coefficient (Wildman–Crippen LogP) is 3.57. The van der Waals surface area contributed by atoms with Crippen molar-refractivity contribution < 1.29 is 13.6 Å². The van der Waals surface area contributed by atoms with E-state index in [1.807, 2.05) is 37.3 Å². The quantitative estimate of drug-likeness (QED) is 0.734. The van der Waals surface area contributed by atoms with Crippen molar-refractivity contribution in [1.82, 2.24) is 10.2 Å². The van der Waals surface area contributed by atoms with Crippen LogP contribution in [-0.2, 0) is 4.79 Å². The van der Waals surface area contributed by atoms with Crippen molar-refractivity contribution in [2.75, 3.05) is 37.6 Å². The van der Waals surface area contributed by atoms with E-state index in [0.29, 0.717) is 6.54 Å². The third-order valence-electron chi connectivity index (χ3n) is 5.18. The van der Waals surface area contributed by atoms with E-state index in [1.165, 1.54) is 12.1 Å². The molecule has 5 nitrogen and oxygen atoms in total. The molecule has 0 unspecified atom stereocenters. The number of amides is 1. The van der Waals surface area contributed by atoms with Crippen molar-refractivity contribution in [2.45, 2.75) is 13.0 Å². The van der Waals surface area contributed by atoms with Crippen LogP contribution in [0.2, 0.25) is 0 Å². The fourth-order valence-electron chi connectivity index (χ4n) is 3.59. The van der Waals surface area contributed by atoms with E-state index in [1.54, 1.807) is 12.1 Å². The number of para-hydroxylation sites is 1. The number of furan rings is 1. The summed E-state index contributed by atoms with van der Waals surface area (Å²) in [5.74, 6) is 0.525. The Hall–Kier alpha value is -2.86. The molecule has 1 saturated heterocycles. The SMILES string of the molecule is C[C@H](NC(=O)CN1CCN(c2ccc(F)cc2)CC1)c1cc2ccccc2o1. The molecule has 1 N–H and O–H groups in total. The largest absolute Gasteiger partial charge is 0.459 e. The standard InChI is InChI=1S/C22H24FN3O2/c1-16(21-14-17-4-2-3-5-20(17)28-21)24-22(27)15-25-10-12-26(13-11-25)19-8-6-18(23)7-9-19/h2-9,14,16H,10-13,15H2,1H3,(H,24,27)/t16-/m0/s1. The third-order valence-corrected chi connectivity index (χ3v) is 5.18. The lowest BCUT2D eigenvalue weighted by Crippen LogP contribution is -2.49. The monoisotopic (exact) mass is 381 g/mol. The van der Waals surface area contributed by atoms with Crippen LogP contribution in [0.1, 0.15) is 18.7 Å². The number of nitrogens with one attached hydrogen (secondary N) is 1. The van der Waals surface area contributed by atoms with Gasteiger partial charge in [-0.1, -0.05) is 18.2 Å². The number of hydrogen-bond acceptors (Lipinski definition) is 4. The fraction of sp³-hybridized carbons (Fsp3) is 0.318. The molecule has 0 aliphatic carbocycles. The smallest absolute Gasteiger partial charge is 0.234 e. The van der Waals surface area contributed by atoms with Gasteiger partial charge in [0.1, 0.15) is 17.2 Å². The summed E-state index contributed by atoms with van der Waals surface area (Å²) in [6.07, 6.45) is 0. The number of anilines is 1. The second-order valence-corrected chi connectivity index (χ2v) is 7.22. The van der Waals surface area contributed by atoms with Crippen LogP contribution in [-0.4, -0.2) is 43.5 Å². The van der Waals surface area contributed by atoms with Gasteiger partial charge < -0.3 is 14.6 Å². The van der Waals surface area contributed by atoms with Gasteiger partial charge in [0.2, 0.25) is 5.91 Å². The molecule has 2 heterocycles. The molecule has 1 atom stereocenters. The minimum atomic E-state index is -0.224. The van der Waals surface area contributed by atoms with Gasteiger partial charge in [-0.05, 0) is 43.3 Å². The Morgan fingerprint density at radius 2 is 1.82 bits per heavy atom. The average molecular weight is 381 g/mol. The molecule has 0 radical (unpaired) electrons. The van der Waals surface area contributed by atoms with Crippen molar-refractivity contribution in [3.63, 3.8) is 0 Å². The van der Waals surface area contributed by atoms with Crippen molar-refractivity contribution in [2.24, 2.45) is 0 Å². The van der Waals surface area contributed by atoms with Crippen LogP contribution in [0, 0.1) is 5.82 Å². The number of benzene rings is 2. The Morgan fingerprint density at radius 3 is 2.54 bits per heavy atom. The first-order valence-electron chi connectivity index (χ1n) is 9.59. The lowest BCUT2D eigenvalue weighted by molar-refractivity contribution is -0.123. The highest BCUT2D eigenvalue weighted by molar-refractivity contribution is 5.80. The van der Waals surface area contributed by atoms with Crippen LogP contribution in [0.3, 0.4) is 0 Å². The number of fused-ring (bicyclic) bond motifs is 1. The van der Waals surface area contributed by atoms with Crippen LogP contribution in [0.15, 0.2) is 59.0 Å². The minimum absolute atomic E-state index is 0.0109. The summed E-state index contributed by atoms with van der Waals surface area (Å²) in [6.45, 7) is 5.52. The Labute approximate surface area is 163 Å². The van der Waals surface area contributed by atoms with Crippen molar-refractivity contribution >= 4 is 22.6 Å². The molecule has 1 aliphatic heterocycles. The number of carbonyl (C=O) groups excluding carboxylic acids is 1. The van der Waals surface area contributed by atoms with Crippen LogP contribution < -0.4 is 10.2 Å². The maximum absolute atomic E-state index is 13.1. The number of hydrogen-bond donors (Lipinski definition) is 1. The molecule has 28 heavy (non-hydrogen) atoms. The van der Waals surface area contributed by atoms with Crippen molar-refractivity contribution in [3.05, 3.63) is 66.2 Å². The van der Waals surface area contributed by atoms with Crippen LogP contribution >= 0.6 is 0 Å². The van der Waals surface area contributed by atoms with E-state index in [9.17, 15) is 9.18 Å². The van der Waals surface area contributed by atoms with Gasteiger partial charge in [0.25, 0.3) is 0 Å². The summed E-state index contributed by atoms with van der Waals surface area (Å²) in [7, 11) is 0. The van der Waals surface area contributed by atoms with E-state index < -0.39 is 0 Å². The van der Waals surface area contributed by atoms with Crippen molar-refractivity contribution in [1.29, 1.82) is 0 Å². The number of nitrogens with zero attached hydrogens (tertiary/aromatic N) is 2. The molecular formula is C22H24FN3O2. The highest BCUT2D eigenvalue weighted by Gasteiger charge is 2.21. The Kier molecular flexibility index (Phi) is 5.30. The van der Waals surface area contributed by atoms with Crippen LogP contribution in [0.5, 0.6) is 0 Å². The lowest BCUT2D eigenvalue weighted by Gasteiger charge is -2.35. The predicted molar refractivity (Wildman–Crippen MR) is 108 cm³/mol. The molecule has 146 valence electrons. The Balaban J connectivity index is 1.28. The van der Waals surface area contributed by atoms with Gasteiger partial charge in [0.15, 0.2) is 0 Å². The molecule has 1 fully saturated rings. The molecule has 0 saturated carbocycles. The zero-order chi connectivity index (χ0) is 19.5. The highest BCUT2D eigenvalue weighted by Crippen LogP contribution is 2.23. The maximum atomic E-state index is 13.1. The van der Waals surface area contributed by atoms with Gasteiger partial charge >= 0.3 is 0 Å². The highest BCUT2D eigenvalue weighted by atomic mass is 19.1. The first-order chi connectivity index (χ1) is 13.6. The first-order valence-corrected chi connectivity index (χ1v) is 9.59. The molecule has 1 aromatic heterocycles. The average Bonchev–Trinajstić information content (AvgIpc) is 3.14. The number of carbonyl (C=O) groups is 1. The van der Waals surface area contributed by atoms with E-state index in [4.69, 9.17) is 4.42 Å². The van der Waals surface area contributed by atoms with Gasteiger partial charge in [-0.2, -0.15) is 0 Å². The van der Waals surface area contributed by atoms with E-state index >= 15 is 0 Å². The first kappa shape index (κ1) is 18.5. The van der Waals surface area contributed by atoms with Crippen LogP contribution in [0.25, 0.3) is 11.0 Å². The summed E-state index contributed by atoms with van der Waals surface area (Å²) < 4.78 is 18.9. The zero-order valence-corrected chi connectivity index (χ0v) is 15.9. The Bertz CT molecular complexity index is 913. The van der Waals surface area contributed by atoms with E-state index in [2.05, 4.69) is 15.1 Å². The summed E-state index contributed by atoms with van der Waals surface area (Å²) in [5, 5.41) is 4.06. The summed E-state index contributed by atoms with van der Waals surface area (Å²) in [5.41, 5.74) is 1.85. The zero-order valence-electron chi connectivity index (χ0n) is 15.9. The van der Waals surface area contributed by atoms with Crippen LogP contribution in [0.4, 0.5) is 10.1 Å². The van der Waals surface area contributed by atoms with Gasteiger partial charge in [-0.15, -0.1) is 0 Å². The Morgan fingerprint density at radius 1 is 1.11 bits per heavy atom. The second-order valence-electron chi connectivity index (χ2n) is 7.22. The summed E-state index contributed by atoms with van der Waals surface area (Å²) in [6, 6.07) is 16.2. The van der Waals surface area contributed by atoms with Gasteiger partial charge in [-0.3, -0.25) is 9.69 Å². The number of halogens is 1. The summed E-state index contributed by atoms with van der Waals surface area (Å²) >= 11 is 0. The van der Waals surface area contributed by atoms with E-state index in [0.717, 1.165) is 48.6 Å². The molecule has 4 rings (SSSR count). The molecule has 0 bridgehead atoms. The molecule has 1 aliphatic rings. The third kappa shape index (κ3) is 4.17. The van der Waals surface area contributed by atoms with Gasteiger partial charge in [-0.25, -0.2) is 4.39 Å². The number of piperazine rings is 1. The normalized spacial score (nSPS) is 16.3. The van der Waals surface area contributed by atoms with Gasteiger partial charge in [0.05, 0.1) is 12.6 Å². The lowest BCUT2D eigenvalue weighted by atomic mass is 10.2. The summed E-state index contributed by atoms with van der Waals surface area (Å²) in [4.78, 5) is 16.8. The second kappa shape index (κ2) is 8.02. The maximum Gasteiger partial charge on any atom is 0.234 e. The van der Waals surface area contributed by atoms with E-state index in [-0.39, 0.29) is 17.8 Å². The molecule has 2 aromatic carbocycles. The minimum Gasteiger partial charge on any atom is -0.459 e. The molecule has 1 amide bonds. The number of rotatable bonds is 5.